The van der Waals surface area contributed by atoms with Crippen molar-refractivity contribution in [3.63, 3.8) is 0 Å². The van der Waals surface area contributed by atoms with Crippen LogP contribution in [-0.2, 0) is 6.54 Å². The molecular formula is C16H27N3O. The van der Waals surface area contributed by atoms with Gasteiger partial charge in [-0.05, 0) is 42.9 Å². The Labute approximate surface area is 122 Å². The van der Waals surface area contributed by atoms with Gasteiger partial charge < -0.3 is 15.3 Å². The van der Waals surface area contributed by atoms with Crippen molar-refractivity contribution in [3.8, 4) is 0 Å². The average molecular weight is 277 g/mol. The van der Waals surface area contributed by atoms with Crippen LogP contribution >= 0.6 is 0 Å². The van der Waals surface area contributed by atoms with Crippen molar-refractivity contribution in [2.75, 3.05) is 31.1 Å². The number of nitrogens with zero attached hydrogens (tertiary/aromatic N) is 2. The predicted octanol–water partition coefficient (Wildman–Crippen LogP) is 2.04. The molecule has 1 aromatic heterocycles. The lowest BCUT2D eigenvalue weighted by molar-refractivity contribution is 0.203. The van der Waals surface area contributed by atoms with Crippen molar-refractivity contribution in [2.24, 2.45) is 11.8 Å². The molecule has 1 aromatic rings. The summed E-state index contributed by atoms with van der Waals surface area (Å²) in [6.07, 6.45) is 4.10. The topological polar surface area (TPSA) is 48.4 Å². The number of aliphatic hydroxyl groups is 1. The van der Waals surface area contributed by atoms with E-state index in [0.717, 1.165) is 44.8 Å². The molecule has 4 heteroatoms. The number of pyridine rings is 1. The molecule has 0 amide bonds. The Morgan fingerprint density at radius 1 is 1.35 bits per heavy atom. The van der Waals surface area contributed by atoms with Gasteiger partial charge in [-0.25, -0.2) is 4.98 Å². The molecule has 2 heterocycles. The Hall–Kier alpha value is -1.13. The van der Waals surface area contributed by atoms with Crippen molar-refractivity contribution >= 4 is 5.82 Å². The fourth-order valence-electron chi connectivity index (χ4n) is 2.56. The van der Waals surface area contributed by atoms with Gasteiger partial charge in [0.05, 0.1) is 0 Å². The van der Waals surface area contributed by atoms with Crippen LogP contribution in [0.15, 0.2) is 18.3 Å². The van der Waals surface area contributed by atoms with E-state index in [2.05, 4.69) is 41.2 Å². The van der Waals surface area contributed by atoms with Crippen LogP contribution in [0.3, 0.4) is 0 Å². The number of aromatic nitrogens is 1. The van der Waals surface area contributed by atoms with Gasteiger partial charge in [-0.1, -0.05) is 19.9 Å². The highest BCUT2D eigenvalue weighted by atomic mass is 16.3. The number of piperidine rings is 1. The van der Waals surface area contributed by atoms with E-state index in [1.807, 2.05) is 6.20 Å². The predicted molar refractivity (Wildman–Crippen MR) is 82.8 cm³/mol. The van der Waals surface area contributed by atoms with Crippen LogP contribution in [0.5, 0.6) is 0 Å². The Balaban J connectivity index is 1.82. The van der Waals surface area contributed by atoms with Crippen molar-refractivity contribution < 1.29 is 5.11 Å². The van der Waals surface area contributed by atoms with Gasteiger partial charge >= 0.3 is 0 Å². The molecule has 0 saturated carbocycles. The summed E-state index contributed by atoms with van der Waals surface area (Å²) in [7, 11) is 0. The van der Waals surface area contributed by atoms with Crippen LogP contribution < -0.4 is 10.2 Å². The zero-order chi connectivity index (χ0) is 14.4. The monoisotopic (exact) mass is 277 g/mol. The van der Waals surface area contributed by atoms with E-state index in [-0.39, 0.29) is 0 Å². The van der Waals surface area contributed by atoms with Crippen LogP contribution in [0.4, 0.5) is 5.82 Å². The summed E-state index contributed by atoms with van der Waals surface area (Å²) < 4.78 is 0. The Morgan fingerprint density at radius 3 is 2.65 bits per heavy atom. The molecular weight excluding hydrogens is 250 g/mol. The fraction of sp³-hybridized carbons (Fsp3) is 0.688. The minimum atomic E-state index is 0.321. The summed E-state index contributed by atoms with van der Waals surface area (Å²) in [6, 6.07) is 4.28. The van der Waals surface area contributed by atoms with Crippen LogP contribution in [-0.4, -0.2) is 36.3 Å². The van der Waals surface area contributed by atoms with Gasteiger partial charge in [0.25, 0.3) is 0 Å². The first-order valence-electron chi connectivity index (χ1n) is 7.70. The summed E-state index contributed by atoms with van der Waals surface area (Å²) in [4.78, 5) is 6.89. The normalized spacial score (nSPS) is 16.9. The summed E-state index contributed by atoms with van der Waals surface area (Å²) >= 11 is 0. The zero-order valence-corrected chi connectivity index (χ0v) is 12.7. The highest BCUT2D eigenvalue weighted by Crippen LogP contribution is 2.21. The summed E-state index contributed by atoms with van der Waals surface area (Å²) in [6.45, 7) is 8.68. The van der Waals surface area contributed by atoms with E-state index < -0.39 is 0 Å². The molecule has 0 radical (unpaired) electrons. The van der Waals surface area contributed by atoms with Crippen LogP contribution in [0.1, 0.15) is 32.3 Å². The first-order chi connectivity index (χ1) is 9.69. The molecule has 0 unspecified atom stereocenters. The molecule has 0 spiro atoms. The maximum Gasteiger partial charge on any atom is 0.128 e. The molecule has 20 heavy (non-hydrogen) atoms. The van der Waals surface area contributed by atoms with E-state index in [0.29, 0.717) is 18.4 Å². The lowest BCUT2D eigenvalue weighted by Gasteiger charge is -2.32. The lowest BCUT2D eigenvalue weighted by atomic mass is 9.98. The summed E-state index contributed by atoms with van der Waals surface area (Å²) in [5.74, 6) is 2.22. The van der Waals surface area contributed by atoms with Crippen LogP contribution in [0.25, 0.3) is 0 Å². The van der Waals surface area contributed by atoms with Crippen molar-refractivity contribution in [3.05, 3.63) is 23.9 Å². The maximum absolute atomic E-state index is 9.16. The maximum atomic E-state index is 9.16. The number of hydrogen-bond donors (Lipinski definition) is 2. The van der Waals surface area contributed by atoms with Gasteiger partial charge in [0.15, 0.2) is 0 Å². The quantitative estimate of drug-likeness (QED) is 0.835. The molecule has 2 N–H and O–H groups in total. The van der Waals surface area contributed by atoms with E-state index in [1.165, 1.54) is 5.56 Å². The Bertz CT molecular complexity index is 383. The molecule has 1 fully saturated rings. The van der Waals surface area contributed by atoms with Gasteiger partial charge in [0.1, 0.15) is 5.82 Å². The molecule has 1 saturated heterocycles. The Kier molecular flexibility index (Phi) is 5.80. The third-order valence-electron chi connectivity index (χ3n) is 3.89. The first-order valence-corrected chi connectivity index (χ1v) is 7.70. The SMILES string of the molecule is CC(C)CNCc1ccc(N2CCC(CO)CC2)nc1. The van der Waals surface area contributed by atoms with Gasteiger partial charge in [-0.15, -0.1) is 0 Å². The third-order valence-corrected chi connectivity index (χ3v) is 3.89. The molecule has 0 aromatic carbocycles. The van der Waals surface area contributed by atoms with E-state index in [9.17, 15) is 0 Å². The van der Waals surface area contributed by atoms with E-state index in [1.54, 1.807) is 0 Å². The molecule has 0 atom stereocenters. The highest BCUT2D eigenvalue weighted by molar-refractivity contribution is 5.39. The number of aliphatic hydroxyl groups excluding tert-OH is 1. The van der Waals surface area contributed by atoms with E-state index in [4.69, 9.17) is 5.11 Å². The van der Waals surface area contributed by atoms with Gasteiger partial charge in [0, 0.05) is 32.4 Å². The second-order valence-corrected chi connectivity index (χ2v) is 6.16. The van der Waals surface area contributed by atoms with E-state index >= 15 is 0 Å². The second kappa shape index (κ2) is 7.60. The summed E-state index contributed by atoms with van der Waals surface area (Å²) in [5.41, 5.74) is 1.24. The van der Waals surface area contributed by atoms with Crippen LogP contribution in [0.2, 0.25) is 0 Å². The minimum Gasteiger partial charge on any atom is -0.396 e. The van der Waals surface area contributed by atoms with Crippen molar-refractivity contribution in [2.45, 2.75) is 33.2 Å². The molecule has 0 aliphatic carbocycles. The standard InChI is InChI=1S/C16H27N3O/c1-13(2)9-17-10-15-3-4-16(18-11-15)19-7-5-14(12-20)6-8-19/h3-4,11,13-14,17,20H,5-10,12H2,1-2H3. The number of anilines is 1. The molecule has 1 aliphatic rings. The van der Waals surface area contributed by atoms with Gasteiger partial charge in [-0.3, -0.25) is 0 Å². The average Bonchev–Trinajstić information content (AvgIpc) is 2.48. The molecule has 1 aliphatic heterocycles. The summed E-state index contributed by atoms with van der Waals surface area (Å²) in [5, 5.41) is 12.6. The lowest BCUT2D eigenvalue weighted by Crippen LogP contribution is -2.35. The highest BCUT2D eigenvalue weighted by Gasteiger charge is 2.19. The molecule has 4 nitrogen and oxygen atoms in total. The fourth-order valence-corrected chi connectivity index (χ4v) is 2.56. The smallest absolute Gasteiger partial charge is 0.128 e. The largest absolute Gasteiger partial charge is 0.396 e. The number of rotatable bonds is 6. The second-order valence-electron chi connectivity index (χ2n) is 6.16. The van der Waals surface area contributed by atoms with Crippen LogP contribution in [0, 0.1) is 11.8 Å². The first kappa shape index (κ1) is 15.3. The van der Waals surface area contributed by atoms with Gasteiger partial charge in [0.2, 0.25) is 0 Å². The zero-order valence-electron chi connectivity index (χ0n) is 12.7. The molecule has 2 rings (SSSR count). The Morgan fingerprint density at radius 2 is 2.10 bits per heavy atom. The van der Waals surface area contributed by atoms with Crippen molar-refractivity contribution in [1.82, 2.24) is 10.3 Å². The minimum absolute atomic E-state index is 0.321. The molecule has 112 valence electrons. The number of nitrogens with one attached hydrogen (secondary N) is 1. The molecule has 0 bridgehead atoms. The third kappa shape index (κ3) is 4.46. The van der Waals surface area contributed by atoms with Gasteiger partial charge in [-0.2, -0.15) is 0 Å². The van der Waals surface area contributed by atoms with Crippen molar-refractivity contribution in [1.29, 1.82) is 0 Å². The number of hydrogen-bond acceptors (Lipinski definition) is 4.